The summed E-state index contributed by atoms with van der Waals surface area (Å²) in [6, 6.07) is 5.70. The molecule has 4 rings (SSSR count). The standard InChI is InChI=1S/C18H17Cl2N3O2S/c1-18(2-3-18)17(24)21-7-11-4-10-5-12(19)15(6-14(10)23-11)25-9-16-13(20)8-22-26-16/h4-6,8,23H,2-3,7,9H2,1H3,(H,21,24). The zero-order valence-corrected chi connectivity index (χ0v) is 16.4. The van der Waals surface area contributed by atoms with Gasteiger partial charge in [-0.1, -0.05) is 30.1 Å². The van der Waals surface area contributed by atoms with Crippen molar-refractivity contribution in [2.45, 2.75) is 32.9 Å². The highest BCUT2D eigenvalue weighted by molar-refractivity contribution is 7.06. The number of amides is 1. The van der Waals surface area contributed by atoms with Crippen molar-refractivity contribution in [1.82, 2.24) is 14.7 Å². The van der Waals surface area contributed by atoms with E-state index in [1.165, 1.54) is 11.5 Å². The lowest BCUT2D eigenvalue weighted by Gasteiger charge is -2.08. The number of hydrogen-bond acceptors (Lipinski definition) is 4. The Bertz CT molecular complexity index is 978. The summed E-state index contributed by atoms with van der Waals surface area (Å²) in [5, 5.41) is 5.08. The fourth-order valence-corrected chi connectivity index (χ4v) is 3.72. The van der Waals surface area contributed by atoms with Gasteiger partial charge in [0.05, 0.1) is 27.7 Å². The second-order valence-electron chi connectivity index (χ2n) is 6.79. The van der Waals surface area contributed by atoms with Gasteiger partial charge >= 0.3 is 0 Å². The van der Waals surface area contributed by atoms with E-state index in [1.54, 1.807) is 6.20 Å². The zero-order chi connectivity index (χ0) is 18.3. The molecule has 1 fully saturated rings. The molecule has 0 unspecified atom stereocenters. The van der Waals surface area contributed by atoms with Crippen molar-refractivity contribution in [1.29, 1.82) is 0 Å². The van der Waals surface area contributed by atoms with Gasteiger partial charge in [-0.15, -0.1) is 0 Å². The van der Waals surface area contributed by atoms with Crippen LogP contribution in [0.1, 0.15) is 30.3 Å². The lowest BCUT2D eigenvalue weighted by atomic mass is 10.1. The number of benzene rings is 1. The maximum atomic E-state index is 12.1. The molecule has 0 saturated heterocycles. The van der Waals surface area contributed by atoms with Crippen LogP contribution < -0.4 is 10.1 Å². The normalized spacial score (nSPS) is 15.2. The number of ether oxygens (including phenoxy) is 1. The van der Waals surface area contributed by atoms with Crippen LogP contribution in [0.3, 0.4) is 0 Å². The summed E-state index contributed by atoms with van der Waals surface area (Å²) in [6.45, 7) is 2.77. The number of carbonyl (C=O) groups is 1. The first-order valence-electron chi connectivity index (χ1n) is 8.26. The number of hydrogen-bond donors (Lipinski definition) is 2. The summed E-state index contributed by atoms with van der Waals surface area (Å²) >= 11 is 13.7. The van der Waals surface area contributed by atoms with Crippen LogP contribution in [-0.4, -0.2) is 15.3 Å². The topological polar surface area (TPSA) is 67.0 Å². The molecular formula is C18H17Cl2N3O2S. The summed E-state index contributed by atoms with van der Waals surface area (Å²) < 4.78 is 9.82. The van der Waals surface area contributed by atoms with E-state index in [0.717, 1.165) is 34.3 Å². The third-order valence-electron chi connectivity index (χ3n) is 4.67. The molecule has 0 spiro atoms. The number of halogens is 2. The van der Waals surface area contributed by atoms with Gasteiger partial charge in [0.2, 0.25) is 5.91 Å². The van der Waals surface area contributed by atoms with Crippen molar-refractivity contribution in [3.63, 3.8) is 0 Å². The number of H-pyrrole nitrogens is 1. The Kier molecular flexibility index (Phi) is 4.59. The van der Waals surface area contributed by atoms with E-state index in [1.807, 2.05) is 25.1 Å². The van der Waals surface area contributed by atoms with E-state index in [2.05, 4.69) is 14.7 Å². The number of nitrogens with one attached hydrogen (secondary N) is 2. The largest absolute Gasteiger partial charge is 0.486 e. The first-order valence-corrected chi connectivity index (χ1v) is 9.79. The summed E-state index contributed by atoms with van der Waals surface area (Å²) in [4.78, 5) is 16.2. The molecule has 2 aromatic heterocycles. The van der Waals surface area contributed by atoms with Crippen molar-refractivity contribution >= 4 is 51.5 Å². The molecule has 0 aliphatic heterocycles. The Labute approximate surface area is 164 Å². The molecule has 2 heterocycles. The van der Waals surface area contributed by atoms with E-state index in [4.69, 9.17) is 27.9 Å². The maximum absolute atomic E-state index is 12.1. The number of nitrogens with zero attached hydrogens (tertiary/aromatic N) is 1. The molecule has 0 atom stereocenters. The fourth-order valence-electron chi connectivity index (χ4n) is 2.69. The van der Waals surface area contributed by atoms with Crippen LogP contribution in [0, 0.1) is 5.41 Å². The van der Waals surface area contributed by atoms with Crippen LogP contribution in [0.25, 0.3) is 10.9 Å². The summed E-state index contributed by atoms with van der Waals surface area (Å²) in [5.41, 5.74) is 1.66. The number of carbonyl (C=O) groups excluding carboxylic acids is 1. The summed E-state index contributed by atoms with van der Waals surface area (Å²) in [7, 11) is 0. The Morgan fingerprint density at radius 2 is 2.15 bits per heavy atom. The minimum atomic E-state index is -0.172. The van der Waals surface area contributed by atoms with Gasteiger partial charge in [-0.25, -0.2) is 0 Å². The molecule has 26 heavy (non-hydrogen) atoms. The third-order valence-corrected chi connectivity index (χ3v) is 6.17. The minimum Gasteiger partial charge on any atom is -0.486 e. The average Bonchev–Trinajstić information content (AvgIpc) is 3.05. The first kappa shape index (κ1) is 17.6. The molecule has 2 N–H and O–H groups in total. The minimum absolute atomic E-state index is 0.111. The van der Waals surface area contributed by atoms with Gasteiger partial charge in [0, 0.05) is 28.1 Å². The number of aromatic nitrogens is 2. The highest BCUT2D eigenvalue weighted by atomic mass is 35.5. The molecular weight excluding hydrogens is 393 g/mol. The van der Waals surface area contributed by atoms with Crippen LogP contribution in [0.2, 0.25) is 10.0 Å². The first-order chi connectivity index (χ1) is 12.4. The van der Waals surface area contributed by atoms with E-state index < -0.39 is 0 Å². The molecule has 3 aromatic rings. The van der Waals surface area contributed by atoms with Gasteiger partial charge in [0.1, 0.15) is 12.4 Å². The Balaban J connectivity index is 1.47. The number of fused-ring (bicyclic) bond motifs is 1. The summed E-state index contributed by atoms with van der Waals surface area (Å²) in [6.07, 6.45) is 3.53. The van der Waals surface area contributed by atoms with E-state index in [0.29, 0.717) is 28.9 Å². The van der Waals surface area contributed by atoms with Gasteiger partial charge < -0.3 is 15.0 Å². The van der Waals surface area contributed by atoms with Crippen LogP contribution in [-0.2, 0) is 17.9 Å². The fraction of sp³-hybridized carbons (Fsp3) is 0.333. The van der Waals surface area contributed by atoms with E-state index in [9.17, 15) is 4.79 Å². The predicted molar refractivity (Wildman–Crippen MR) is 104 cm³/mol. The Hall–Kier alpha value is -1.76. The van der Waals surface area contributed by atoms with Gasteiger partial charge in [-0.05, 0) is 36.5 Å². The van der Waals surface area contributed by atoms with E-state index in [-0.39, 0.29) is 11.3 Å². The monoisotopic (exact) mass is 409 g/mol. The van der Waals surface area contributed by atoms with Crippen LogP contribution in [0.4, 0.5) is 0 Å². The number of rotatable bonds is 6. The van der Waals surface area contributed by atoms with Crippen molar-refractivity contribution < 1.29 is 9.53 Å². The maximum Gasteiger partial charge on any atom is 0.226 e. The third kappa shape index (κ3) is 3.54. The van der Waals surface area contributed by atoms with Crippen molar-refractivity contribution in [2.24, 2.45) is 5.41 Å². The second-order valence-corrected chi connectivity index (χ2v) is 8.49. The van der Waals surface area contributed by atoms with Crippen LogP contribution in [0.5, 0.6) is 5.75 Å². The molecule has 0 bridgehead atoms. The lowest BCUT2D eigenvalue weighted by molar-refractivity contribution is -0.125. The van der Waals surface area contributed by atoms with Gasteiger partial charge in [0.15, 0.2) is 0 Å². The molecule has 1 saturated carbocycles. The Morgan fingerprint density at radius 3 is 2.85 bits per heavy atom. The predicted octanol–water partition coefficient (Wildman–Crippen LogP) is 4.93. The lowest BCUT2D eigenvalue weighted by Crippen LogP contribution is -2.29. The SMILES string of the molecule is CC1(C(=O)NCc2cc3cc(Cl)c(OCc4sncc4Cl)cc3[nH]2)CC1. The summed E-state index contributed by atoms with van der Waals surface area (Å²) in [5.74, 6) is 0.686. The van der Waals surface area contributed by atoms with Gasteiger partial charge in [-0.2, -0.15) is 4.37 Å². The average molecular weight is 410 g/mol. The van der Waals surface area contributed by atoms with Gasteiger partial charge in [-0.3, -0.25) is 4.79 Å². The molecule has 5 nitrogen and oxygen atoms in total. The second kappa shape index (κ2) is 6.76. The van der Waals surface area contributed by atoms with Crippen LogP contribution >= 0.6 is 34.7 Å². The van der Waals surface area contributed by atoms with Crippen LogP contribution in [0.15, 0.2) is 24.4 Å². The molecule has 1 aromatic carbocycles. The smallest absolute Gasteiger partial charge is 0.226 e. The van der Waals surface area contributed by atoms with Crippen molar-refractivity contribution in [2.75, 3.05) is 0 Å². The highest BCUT2D eigenvalue weighted by Crippen LogP contribution is 2.45. The van der Waals surface area contributed by atoms with Gasteiger partial charge in [0.25, 0.3) is 0 Å². The molecule has 8 heteroatoms. The zero-order valence-electron chi connectivity index (χ0n) is 14.1. The molecule has 136 valence electrons. The molecule has 1 amide bonds. The van der Waals surface area contributed by atoms with E-state index >= 15 is 0 Å². The Morgan fingerprint density at radius 1 is 1.35 bits per heavy atom. The quantitative estimate of drug-likeness (QED) is 0.606. The van der Waals surface area contributed by atoms with Crippen molar-refractivity contribution in [3.8, 4) is 5.75 Å². The highest BCUT2D eigenvalue weighted by Gasteiger charge is 2.44. The molecule has 1 aliphatic rings. The number of aromatic amines is 1. The van der Waals surface area contributed by atoms with Crippen molar-refractivity contribution in [3.05, 3.63) is 45.0 Å². The molecule has 1 aliphatic carbocycles. The molecule has 0 radical (unpaired) electrons.